The SMILES string of the molecule is CCOc1cc2nccc(N3C[C@H](F)C[C@H]3C(N)=O)c2cc1OCC. The number of halogens is 1. The number of benzene rings is 1. The Labute approximate surface area is 145 Å². The van der Waals surface area contributed by atoms with Gasteiger partial charge in [-0.25, -0.2) is 4.39 Å². The number of aromatic nitrogens is 1. The fourth-order valence-electron chi connectivity index (χ4n) is 3.25. The number of carbonyl (C=O) groups excluding carboxylic acids is 1. The standard InChI is InChI=1S/C18H22FN3O3/c1-3-24-16-8-12-13(9-17(16)25-4-2)21-6-5-14(12)22-10-11(19)7-15(22)18(20)23/h5-6,8-9,11,15H,3-4,7,10H2,1-2H3,(H2,20,23)/t11-,15+/m1/s1. The molecule has 25 heavy (non-hydrogen) atoms. The Morgan fingerprint density at radius 1 is 1.32 bits per heavy atom. The predicted molar refractivity (Wildman–Crippen MR) is 93.9 cm³/mol. The van der Waals surface area contributed by atoms with Gasteiger partial charge in [0, 0.05) is 29.8 Å². The molecule has 1 amide bonds. The topological polar surface area (TPSA) is 77.7 Å². The normalized spacial score (nSPS) is 20.0. The molecule has 6 nitrogen and oxygen atoms in total. The van der Waals surface area contributed by atoms with Gasteiger partial charge in [-0.15, -0.1) is 0 Å². The molecule has 2 N–H and O–H groups in total. The van der Waals surface area contributed by atoms with Gasteiger partial charge in [0.2, 0.25) is 5.91 Å². The Bertz CT molecular complexity index is 783. The first-order valence-electron chi connectivity index (χ1n) is 8.43. The molecule has 1 aromatic carbocycles. The highest BCUT2D eigenvalue weighted by Crippen LogP contribution is 2.38. The van der Waals surface area contributed by atoms with Gasteiger partial charge in [0.15, 0.2) is 11.5 Å². The number of primary amides is 1. The van der Waals surface area contributed by atoms with Crippen LogP contribution in [0.4, 0.5) is 10.1 Å². The first-order valence-corrected chi connectivity index (χ1v) is 8.43. The molecule has 2 heterocycles. The fourth-order valence-corrected chi connectivity index (χ4v) is 3.25. The molecule has 0 spiro atoms. The molecule has 1 saturated heterocycles. The third-order valence-corrected chi connectivity index (χ3v) is 4.27. The van der Waals surface area contributed by atoms with E-state index in [0.29, 0.717) is 30.2 Å². The monoisotopic (exact) mass is 347 g/mol. The van der Waals surface area contributed by atoms with Gasteiger partial charge in [0.05, 0.1) is 25.3 Å². The number of hydrogen-bond acceptors (Lipinski definition) is 5. The second-order valence-corrected chi connectivity index (χ2v) is 5.92. The number of nitrogens with two attached hydrogens (primary N) is 1. The molecule has 134 valence electrons. The molecule has 0 radical (unpaired) electrons. The lowest BCUT2D eigenvalue weighted by Crippen LogP contribution is -2.40. The van der Waals surface area contributed by atoms with E-state index in [1.165, 1.54) is 0 Å². The maximum atomic E-state index is 13.9. The molecule has 0 aliphatic carbocycles. The molecule has 2 atom stereocenters. The van der Waals surface area contributed by atoms with Gasteiger partial charge in [-0.2, -0.15) is 0 Å². The molecule has 0 bridgehead atoms. The molecule has 1 aliphatic heterocycles. The lowest BCUT2D eigenvalue weighted by Gasteiger charge is -2.25. The number of carbonyl (C=O) groups is 1. The summed E-state index contributed by atoms with van der Waals surface area (Å²) in [5, 5.41) is 0.773. The number of hydrogen-bond donors (Lipinski definition) is 1. The van der Waals surface area contributed by atoms with Crippen molar-refractivity contribution in [1.82, 2.24) is 4.98 Å². The minimum Gasteiger partial charge on any atom is -0.490 e. The van der Waals surface area contributed by atoms with E-state index in [4.69, 9.17) is 15.2 Å². The van der Waals surface area contributed by atoms with E-state index >= 15 is 0 Å². The quantitative estimate of drug-likeness (QED) is 0.868. The lowest BCUT2D eigenvalue weighted by molar-refractivity contribution is -0.119. The van der Waals surface area contributed by atoms with Crippen molar-refractivity contribution in [2.75, 3.05) is 24.7 Å². The maximum absolute atomic E-state index is 13.9. The molecule has 1 aliphatic rings. The highest BCUT2D eigenvalue weighted by atomic mass is 19.1. The van der Waals surface area contributed by atoms with Crippen LogP contribution in [-0.4, -0.2) is 42.9 Å². The molecule has 7 heteroatoms. The number of nitrogens with zero attached hydrogens (tertiary/aromatic N) is 2. The number of alkyl halides is 1. The summed E-state index contributed by atoms with van der Waals surface area (Å²) in [4.78, 5) is 17.8. The number of ether oxygens (including phenoxy) is 2. The van der Waals surface area contributed by atoms with Crippen LogP contribution in [0.15, 0.2) is 24.4 Å². The van der Waals surface area contributed by atoms with Gasteiger partial charge >= 0.3 is 0 Å². The second kappa shape index (κ2) is 7.13. The van der Waals surface area contributed by atoms with Crippen LogP contribution in [-0.2, 0) is 4.79 Å². The third-order valence-electron chi connectivity index (χ3n) is 4.27. The van der Waals surface area contributed by atoms with Crippen molar-refractivity contribution < 1.29 is 18.7 Å². The van der Waals surface area contributed by atoms with Gasteiger partial charge in [-0.1, -0.05) is 0 Å². The van der Waals surface area contributed by atoms with E-state index in [-0.39, 0.29) is 13.0 Å². The first-order chi connectivity index (χ1) is 12.0. The second-order valence-electron chi connectivity index (χ2n) is 5.92. The van der Waals surface area contributed by atoms with Crippen molar-refractivity contribution >= 4 is 22.5 Å². The first kappa shape index (κ1) is 17.3. The van der Waals surface area contributed by atoms with Crippen molar-refractivity contribution in [3.8, 4) is 11.5 Å². The summed E-state index contributed by atoms with van der Waals surface area (Å²) >= 11 is 0. The van der Waals surface area contributed by atoms with Gasteiger partial charge < -0.3 is 20.1 Å². The average molecular weight is 347 g/mol. The number of amides is 1. The van der Waals surface area contributed by atoms with Crippen LogP contribution in [0.1, 0.15) is 20.3 Å². The highest BCUT2D eigenvalue weighted by molar-refractivity contribution is 5.96. The molecule has 2 aromatic rings. The Morgan fingerprint density at radius 2 is 2.00 bits per heavy atom. The summed E-state index contributed by atoms with van der Waals surface area (Å²) in [6.45, 7) is 4.91. The highest BCUT2D eigenvalue weighted by Gasteiger charge is 2.36. The van der Waals surface area contributed by atoms with Crippen LogP contribution < -0.4 is 20.1 Å². The number of fused-ring (bicyclic) bond motifs is 1. The van der Waals surface area contributed by atoms with Crippen LogP contribution in [0, 0.1) is 0 Å². The van der Waals surface area contributed by atoms with Crippen molar-refractivity contribution in [2.45, 2.75) is 32.5 Å². The van der Waals surface area contributed by atoms with E-state index in [1.54, 1.807) is 23.2 Å². The average Bonchev–Trinajstić information content (AvgIpc) is 2.97. The van der Waals surface area contributed by atoms with Crippen molar-refractivity contribution in [2.24, 2.45) is 5.73 Å². The zero-order chi connectivity index (χ0) is 18.0. The largest absolute Gasteiger partial charge is 0.490 e. The Morgan fingerprint density at radius 3 is 2.64 bits per heavy atom. The van der Waals surface area contributed by atoms with E-state index in [1.807, 2.05) is 19.9 Å². The maximum Gasteiger partial charge on any atom is 0.240 e. The summed E-state index contributed by atoms with van der Waals surface area (Å²) in [6, 6.07) is 4.74. The van der Waals surface area contributed by atoms with E-state index in [0.717, 1.165) is 11.1 Å². The number of rotatable bonds is 6. The summed E-state index contributed by atoms with van der Waals surface area (Å²) < 4.78 is 25.2. The van der Waals surface area contributed by atoms with E-state index in [2.05, 4.69) is 4.98 Å². The van der Waals surface area contributed by atoms with Gasteiger partial charge in [-0.3, -0.25) is 9.78 Å². The Hall–Kier alpha value is -2.57. The van der Waals surface area contributed by atoms with E-state index in [9.17, 15) is 9.18 Å². The van der Waals surface area contributed by atoms with Gasteiger partial charge in [0.25, 0.3) is 0 Å². The molecule has 1 fully saturated rings. The molecular weight excluding hydrogens is 325 g/mol. The Balaban J connectivity index is 2.12. The minimum atomic E-state index is -1.09. The number of anilines is 1. The van der Waals surface area contributed by atoms with Crippen molar-refractivity contribution in [1.29, 1.82) is 0 Å². The van der Waals surface area contributed by atoms with Crippen LogP contribution in [0.2, 0.25) is 0 Å². The number of pyridine rings is 1. The molecule has 3 rings (SSSR count). The molecule has 0 unspecified atom stereocenters. The third kappa shape index (κ3) is 3.31. The fraction of sp³-hybridized carbons (Fsp3) is 0.444. The molecule has 0 saturated carbocycles. The van der Waals surface area contributed by atoms with Crippen LogP contribution in [0.3, 0.4) is 0 Å². The zero-order valence-electron chi connectivity index (χ0n) is 14.4. The van der Waals surface area contributed by atoms with Crippen molar-refractivity contribution in [3.63, 3.8) is 0 Å². The van der Waals surface area contributed by atoms with Gasteiger partial charge in [0.1, 0.15) is 12.2 Å². The summed E-state index contributed by atoms with van der Waals surface area (Å²) in [7, 11) is 0. The zero-order valence-corrected chi connectivity index (χ0v) is 14.4. The Kier molecular flexibility index (Phi) is 4.92. The summed E-state index contributed by atoms with van der Waals surface area (Å²) in [6.07, 6.45) is 0.654. The summed E-state index contributed by atoms with van der Waals surface area (Å²) in [5.41, 5.74) is 6.88. The van der Waals surface area contributed by atoms with Crippen molar-refractivity contribution in [3.05, 3.63) is 24.4 Å². The van der Waals surface area contributed by atoms with Crippen LogP contribution in [0.5, 0.6) is 11.5 Å². The van der Waals surface area contributed by atoms with Crippen LogP contribution >= 0.6 is 0 Å². The smallest absolute Gasteiger partial charge is 0.240 e. The minimum absolute atomic E-state index is 0.106. The van der Waals surface area contributed by atoms with E-state index < -0.39 is 18.1 Å². The molecular formula is C18H22FN3O3. The predicted octanol–water partition coefficient (Wildman–Crippen LogP) is 2.43. The lowest BCUT2D eigenvalue weighted by atomic mass is 10.1. The van der Waals surface area contributed by atoms with Gasteiger partial charge in [-0.05, 0) is 26.0 Å². The summed E-state index contributed by atoms with van der Waals surface area (Å²) in [5.74, 6) is 0.677. The van der Waals surface area contributed by atoms with Crippen LogP contribution in [0.25, 0.3) is 10.9 Å². The molecule has 1 aromatic heterocycles.